The van der Waals surface area contributed by atoms with Crippen LogP contribution in [-0.4, -0.2) is 23.0 Å². The average Bonchev–Trinajstić information content (AvgIpc) is 2.63. The van der Waals surface area contributed by atoms with Gasteiger partial charge in [-0.05, 0) is 36.8 Å². The molecule has 3 rings (SSSR count). The molecule has 0 atom stereocenters. The molecule has 0 saturated carbocycles. The number of nitrogens with zero attached hydrogens (tertiary/aromatic N) is 2. The van der Waals surface area contributed by atoms with Crippen LogP contribution in [-0.2, 0) is 0 Å². The van der Waals surface area contributed by atoms with E-state index in [4.69, 9.17) is 4.74 Å². The molecule has 0 spiro atoms. The SMILES string of the molecule is COc1ccc(C)cc1NC(=O)c1cc(Nc2ccccc2)ncn1. The first-order valence-corrected chi connectivity index (χ1v) is 7.76. The summed E-state index contributed by atoms with van der Waals surface area (Å²) in [6.07, 6.45) is 1.35. The Kier molecular flexibility index (Phi) is 4.89. The lowest BCUT2D eigenvalue weighted by Gasteiger charge is -2.11. The van der Waals surface area contributed by atoms with Crippen LogP contribution < -0.4 is 15.4 Å². The van der Waals surface area contributed by atoms with Gasteiger partial charge in [-0.1, -0.05) is 24.3 Å². The molecule has 0 aliphatic rings. The standard InChI is InChI=1S/C19H18N4O2/c1-13-8-9-17(25-2)15(10-13)23-19(24)16-11-18(21-12-20-16)22-14-6-4-3-5-7-14/h3-12H,1-2H3,(H,23,24)(H,20,21,22). The van der Waals surface area contributed by atoms with E-state index in [-0.39, 0.29) is 11.6 Å². The van der Waals surface area contributed by atoms with Gasteiger partial charge in [0.25, 0.3) is 5.91 Å². The zero-order chi connectivity index (χ0) is 17.6. The number of amides is 1. The van der Waals surface area contributed by atoms with Gasteiger partial charge in [-0.3, -0.25) is 4.79 Å². The van der Waals surface area contributed by atoms with Gasteiger partial charge >= 0.3 is 0 Å². The van der Waals surface area contributed by atoms with E-state index in [1.165, 1.54) is 6.33 Å². The van der Waals surface area contributed by atoms with Gasteiger partial charge in [-0.25, -0.2) is 9.97 Å². The Bertz CT molecular complexity index is 882. The van der Waals surface area contributed by atoms with Crippen molar-refractivity contribution in [2.75, 3.05) is 17.7 Å². The molecule has 0 bridgehead atoms. The Morgan fingerprint density at radius 2 is 1.84 bits per heavy atom. The number of hydrogen-bond donors (Lipinski definition) is 2. The number of anilines is 3. The van der Waals surface area contributed by atoms with Crippen molar-refractivity contribution in [3.8, 4) is 5.75 Å². The van der Waals surface area contributed by atoms with Crippen molar-refractivity contribution in [1.29, 1.82) is 0 Å². The molecule has 2 N–H and O–H groups in total. The second kappa shape index (κ2) is 7.44. The molecule has 2 aromatic carbocycles. The van der Waals surface area contributed by atoms with Crippen LogP contribution in [0.25, 0.3) is 0 Å². The van der Waals surface area contributed by atoms with E-state index >= 15 is 0 Å². The molecule has 1 amide bonds. The van der Waals surface area contributed by atoms with Crippen LogP contribution in [0.1, 0.15) is 16.1 Å². The van der Waals surface area contributed by atoms with Crippen LogP contribution >= 0.6 is 0 Å². The van der Waals surface area contributed by atoms with E-state index in [0.29, 0.717) is 17.3 Å². The van der Waals surface area contributed by atoms with Crippen molar-refractivity contribution in [1.82, 2.24) is 9.97 Å². The van der Waals surface area contributed by atoms with Crippen molar-refractivity contribution < 1.29 is 9.53 Å². The molecular formula is C19H18N4O2. The summed E-state index contributed by atoms with van der Waals surface area (Å²) in [5.74, 6) is 0.806. The molecule has 0 saturated heterocycles. The first kappa shape index (κ1) is 16.4. The second-order valence-electron chi connectivity index (χ2n) is 5.44. The summed E-state index contributed by atoms with van der Waals surface area (Å²) in [5, 5.41) is 5.97. The van der Waals surface area contributed by atoms with Gasteiger partial charge in [0.2, 0.25) is 0 Å². The van der Waals surface area contributed by atoms with Crippen LogP contribution in [0.5, 0.6) is 5.75 Å². The lowest BCUT2D eigenvalue weighted by atomic mass is 10.2. The Morgan fingerprint density at radius 3 is 2.60 bits per heavy atom. The second-order valence-corrected chi connectivity index (χ2v) is 5.44. The molecule has 1 heterocycles. The number of benzene rings is 2. The van der Waals surface area contributed by atoms with E-state index in [0.717, 1.165) is 11.3 Å². The van der Waals surface area contributed by atoms with E-state index < -0.39 is 0 Å². The maximum Gasteiger partial charge on any atom is 0.274 e. The van der Waals surface area contributed by atoms with Crippen molar-refractivity contribution in [2.45, 2.75) is 6.92 Å². The monoisotopic (exact) mass is 334 g/mol. The normalized spacial score (nSPS) is 10.2. The molecule has 6 nitrogen and oxygen atoms in total. The fourth-order valence-corrected chi connectivity index (χ4v) is 2.33. The van der Waals surface area contributed by atoms with Crippen LogP contribution in [0.4, 0.5) is 17.2 Å². The minimum Gasteiger partial charge on any atom is -0.495 e. The number of carbonyl (C=O) groups excluding carboxylic acids is 1. The molecule has 1 aromatic heterocycles. The maximum absolute atomic E-state index is 12.5. The summed E-state index contributed by atoms with van der Waals surface area (Å²) in [6, 6.07) is 16.8. The highest BCUT2D eigenvalue weighted by atomic mass is 16.5. The smallest absolute Gasteiger partial charge is 0.274 e. The predicted octanol–water partition coefficient (Wildman–Crippen LogP) is 3.79. The molecule has 0 radical (unpaired) electrons. The highest BCUT2D eigenvalue weighted by Crippen LogP contribution is 2.25. The van der Waals surface area contributed by atoms with Gasteiger partial charge in [0, 0.05) is 11.8 Å². The summed E-state index contributed by atoms with van der Waals surface area (Å²) in [4.78, 5) is 20.7. The summed E-state index contributed by atoms with van der Waals surface area (Å²) in [5.41, 5.74) is 2.76. The van der Waals surface area contributed by atoms with Crippen LogP contribution in [0.2, 0.25) is 0 Å². The molecule has 0 aliphatic heterocycles. The number of rotatable bonds is 5. The van der Waals surface area contributed by atoms with Gasteiger partial charge in [-0.15, -0.1) is 0 Å². The van der Waals surface area contributed by atoms with E-state index in [1.807, 2.05) is 55.5 Å². The Morgan fingerprint density at radius 1 is 1.04 bits per heavy atom. The summed E-state index contributed by atoms with van der Waals surface area (Å²) < 4.78 is 5.28. The first-order valence-electron chi connectivity index (χ1n) is 7.76. The zero-order valence-corrected chi connectivity index (χ0v) is 14.0. The summed E-state index contributed by atoms with van der Waals surface area (Å²) in [7, 11) is 1.56. The zero-order valence-electron chi connectivity index (χ0n) is 14.0. The highest BCUT2D eigenvalue weighted by molar-refractivity contribution is 6.04. The Balaban J connectivity index is 1.79. The third kappa shape index (κ3) is 4.11. The third-order valence-electron chi connectivity index (χ3n) is 3.55. The summed E-state index contributed by atoms with van der Waals surface area (Å²) >= 11 is 0. The van der Waals surface area contributed by atoms with Crippen LogP contribution in [0.3, 0.4) is 0 Å². The molecule has 0 aliphatic carbocycles. The van der Waals surface area contributed by atoms with Crippen molar-refractivity contribution >= 4 is 23.1 Å². The number of carbonyl (C=O) groups is 1. The van der Waals surface area contributed by atoms with Crippen molar-refractivity contribution in [3.05, 3.63) is 72.2 Å². The molecular weight excluding hydrogens is 316 g/mol. The molecule has 25 heavy (non-hydrogen) atoms. The van der Waals surface area contributed by atoms with Crippen molar-refractivity contribution in [3.63, 3.8) is 0 Å². The largest absolute Gasteiger partial charge is 0.495 e. The van der Waals surface area contributed by atoms with Crippen molar-refractivity contribution in [2.24, 2.45) is 0 Å². The number of nitrogens with one attached hydrogen (secondary N) is 2. The fourth-order valence-electron chi connectivity index (χ4n) is 2.33. The van der Waals surface area contributed by atoms with Gasteiger partial charge in [0.1, 0.15) is 23.6 Å². The third-order valence-corrected chi connectivity index (χ3v) is 3.55. The molecule has 0 fully saturated rings. The van der Waals surface area contributed by atoms with Gasteiger partial charge in [0.05, 0.1) is 12.8 Å². The lowest BCUT2D eigenvalue weighted by Crippen LogP contribution is -2.15. The molecule has 0 unspecified atom stereocenters. The fraction of sp³-hybridized carbons (Fsp3) is 0.105. The number of para-hydroxylation sites is 1. The van der Waals surface area contributed by atoms with Gasteiger partial charge in [-0.2, -0.15) is 0 Å². The van der Waals surface area contributed by atoms with Gasteiger partial charge in [0.15, 0.2) is 0 Å². The predicted molar refractivity (Wildman–Crippen MR) is 97.4 cm³/mol. The maximum atomic E-state index is 12.5. The minimum absolute atomic E-state index is 0.261. The van der Waals surface area contributed by atoms with E-state index in [2.05, 4.69) is 20.6 Å². The number of hydrogen-bond acceptors (Lipinski definition) is 5. The topological polar surface area (TPSA) is 76.1 Å². The Labute approximate surface area is 145 Å². The van der Waals surface area contributed by atoms with E-state index in [1.54, 1.807) is 13.2 Å². The lowest BCUT2D eigenvalue weighted by molar-refractivity contribution is 0.102. The first-order chi connectivity index (χ1) is 12.2. The molecule has 126 valence electrons. The van der Waals surface area contributed by atoms with Crippen LogP contribution in [0, 0.1) is 6.92 Å². The van der Waals surface area contributed by atoms with Gasteiger partial charge < -0.3 is 15.4 Å². The minimum atomic E-state index is -0.331. The highest BCUT2D eigenvalue weighted by Gasteiger charge is 2.12. The average molecular weight is 334 g/mol. The number of aryl methyl sites for hydroxylation is 1. The number of methoxy groups -OCH3 is 1. The number of aromatic nitrogens is 2. The molecule has 6 heteroatoms. The van der Waals surface area contributed by atoms with E-state index in [9.17, 15) is 4.79 Å². The molecule has 3 aromatic rings. The Hall–Kier alpha value is -3.41. The quantitative estimate of drug-likeness (QED) is 0.742. The van der Waals surface area contributed by atoms with Crippen LogP contribution in [0.15, 0.2) is 60.9 Å². The summed E-state index contributed by atoms with van der Waals surface area (Å²) in [6.45, 7) is 1.95. The number of ether oxygens (including phenoxy) is 1.